The Kier molecular flexibility index (Phi) is 5.09. The Morgan fingerprint density at radius 1 is 1.20 bits per heavy atom. The third kappa shape index (κ3) is 3.54. The summed E-state index contributed by atoms with van der Waals surface area (Å²) in [5.74, 6) is 3.03. The number of hydrogen-bond acceptors (Lipinski definition) is 7. The molecule has 8 heteroatoms. The third-order valence-corrected chi connectivity index (χ3v) is 8.25. The molecule has 0 N–H and O–H groups in total. The number of hydrazone groups is 1. The number of carbonyl (C=O) groups excluding carboxylic acids is 2. The quantitative estimate of drug-likeness (QED) is 0.296. The monoisotopic (exact) mass is 444 g/mol. The van der Waals surface area contributed by atoms with Gasteiger partial charge in [-0.25, -0.2) is 0 Å². The fourth-order valence-electron chi connectivity index (χ4n) is 6.00. The van der Waals surface area contributed by atoms with Crippen LogP contribution in [0.25, 0.3) is 0 Å². The average molecular weight is 445 g/mol. The number of esters is 1. The van der Waals surface area contributed by atoms with Crippen LogP contribution in [0, 0.1) is 23.2 Å². The molecule has 1 aliphatic heterocycles. The molecule has 30 heavy (non-hydrogen) atoms. The lowest BCUT2D eigenvalue weighted by atomic mass is 9.49. The summed E-state index contributed by atoms with van der Waals surface area (Å²) in [5.41, 5.74) is 0.414. The van der Waals surface area contributed by atoms with Gasteiger partial charge in [-0.15, -0.1) is 0 Å². The van der Waals surface area contributed by atoms with Gasteiger partial charge < -0.3 is 9.47 Å². The zero-order chi connectivity index (χ0) is 20.9. The van der Waals surface area contributed by atoms with Gasteiger partial charge in [-0.1, -0.05) is 24.0 Å². The van der Waals surface area contributed by atoms with Crippen LogP contribution in [0.4, 0.5) is 0 Å². The number of hydrogen-bond donors (Lipinski definition) is 0. The van der Waals surface area contributed by atoms with E-state index < -0.39 is 0 Å². The number of carbonyl (C=O) groups is 2. The molecule has 0 unspecified atom stereocenters. The Bertz CT molecular complexity index is 894. The zero-order valence-electron chi connectivity index (χ0n) is 16.8. The molecule has 1 aromatic carbocycles. The third-order valence-electron chi connectivity index (χ3n) is 6.91. The summed E-state index contributed by atoms with van der Waals surface area (Å²) in [6.45, 7) is 0. The lowest BCUT2D eigenvalue weighted by molar-refractivity contribution is -0.161. The maximum absolute atomic E-state index is 13.2. The summed E-state index contributed by atoms with van der Waals surface area (Å²) in [6.07, 6.45) is 8.30. The summed E-state index contributed by atoms with van der Waals surface area (Å²) < 4.78 is 11.8. The molecular weight excluding hydrogens is 420 g/mol. The minimum Gasteiger partial charge on any atom is -0.493 e. The molecule has 6 nitrogen and oxygen atoms in total. The van der Waals surface area contributed by atoms with Gasteiger partial charge in [0.1, 0.15) is 0 Å². The van der Waals surface area contributed by atoms with Crippen molar-refractivity contribution in [3.05, 3.63) is 23.8 Å². The number of benzene rings is 1. The highest BCUT2D eigenvalue weighted by atomic mass is 32.2. The number of rotatable bonds is 5. The Balaban J connectivity index is 1.32. The van der Waals surface area contributed by atoms with Crippen LogP contribution >= 0.6 is 24.0 Å². The Hall–Kier alpha value is -1.93. The first-order valence-corrected chi connectivity index (χ1v) is 11.8. The van der Waals surface area contributed by atoms with Gasteiger partial charge >= 0.3 is 5.97 Å². The molecule has 4 saturated carbocycles. The highest BCUT2D eigenvalue weighted by Gasteiger charge is 2.55. The van der Waals surface area contributed by atoms with E-state index in [2.05, 4.69) is 5.10 Å². The number of ether oxygens (including phenoxy) is 2. The highest BCUT2D eigenvalue weighted by Crippen LogP contribution is 2.60. The highest BCUT2D eigenvalue weighted by molar-refractivity contribution is 8.23. The van der Waals surface area contributed by atoms with Crippen LogP contribution in [0.5, 0.6) is 11.5 Å². The predicted molar refractivity (Wildman–Crippen MR) is 119 cm³/mol. The smallest absolute Gasteiger partial charge is 0.317 e. The maximum atomic E-state index is 13.2. The van der Waals surface area contributed by atoms with E-state index >= 15 is 0 Å². The average Bonchev–Trinajstić information content (AvgIpc) is 3.03. The van der Waals surface area contributed by atoms with Crippen molar-refractivity contribution >= 4 is 46.4 Å². The van der Waals surface area contributed by atoms with Crippen LogP contribution in [-0.4, -0.2) is 40.3 Å². The molecule has 0 radical (unpaired) electrons. The lowest BCUT2D eigenvalue weighted by Crippen LogP contribution is -2.51. The zero-order valence-corrected chi connectivity index (χ0v) is 18.5. The van der Waals surface area contributed by atoms with Crippen molar-refractivity contribution in [2.75, 3.05) is 12.9 Å². The first-order valence-electron chi connectivity index (χ1n) is 10.4. The molecule has 1 heterocycles. The normalized spacial score (nSPS) is 32.3. The largest absolute Gasteiger partial charge is 0.493 e. The molecule has 4 bridgehead atoms. The summed E-state index contributed by atoms with van der Waals surface area (Å²) in [7, 11) is 1.55. The lowest BCUT2D eigenvalue weighted by Gasteiger charge is -2.55. The second kappa shape index (κ2) is 7.64. The molecule has 4 aliphatic carbocycles. The molecule has 1 amide bonds. The fourth-order valence-corrected chi connectivity index (χ4v) is 6.97. The van der Waals surface area contributed by atoms with Crippen molar-refractivity contribution in [3.8, 4) is 11.5 Å². The Morgan fingerprint density at radius 3 is 2.43 bits per heavy atom. The van der Waals surface area contributed by atoms with Crippen LogP contribution in [-0.2, 0) is 9.59 Å². The van der Waals surface area contributed by atoms with Crippen LogP contribution in [0.1, 0.15) is 44.1 Å². The molecule has 0 spiro atoms. The van der Waals surface area contributed by atoms with Crippen molar-refractivity contribution in [2.24, 2.45) is 28.3 Å². The minimum absolute atomic E-state index is 0.105. The van der Waals surface area contributed by atoms with E-state index in [1.807, 2.05) is 0 Å². The van der Waals surface area contributed by atoms with E-state index in [1.165, 1.54) is 36.0 Å². The van der Waals surface area contributed by atoms with Crippen LogP contribution in [0.3, 0.4) is 0 Å². The number of thioether (sulfide) groups is 1. The molecule has 5 aliphatic rings. The van der Waals surface area contributed by atoms with E-state index in [-0.39, 0.29) is 17.3 Å². The minimum atomic E-state index is -0.316. The molecule has 5 fully saturated rings. The van der Waals surface area contributed by atoms with Crippen LogP contribution in [0.15, 0.2) is 23.3 Å². The second-order valence-corrected chi connectivity index (χ2v) is 10.6. The fraction of sp³-hybridized carbons (Fsp3) is 0.545. The molecule has 158 valence electrons. The van der Waals surface area contributed by atoms with Crippen molar-refractivity contribution in [1.82, 2.24) is 5.01 Å². The van der Waals surface area contributed by atoms with Gasteiger partial charge in [0, 0.05) is 0 Å². The van der Waals surface area contributed by atoms with Gasteiger partial charge in [0.15, 0.2) is 15.8 Å². The van der Waals surface area contributed by atoms with E-state index in [1.54, 1.807) is 31.5 Å². The maximum Gasteiger partial charge on any atom is 0.317 e. The number of thiocarbonyl (C=S) groups is 1. The Labute approximate surface area is 185 Å². The number of methoxy groups -OCH3 is 1. The first-order chi connectivity index (χ1) is 14.5. The van der Waals surface area contributed by atoms with Crippen molar-refractivity contribution in [1.29, 1.82) is 0 Å². The van der Waals surface area contributed by atoms with Crippen molar-refractivity contribution < 1.29 is 19.1 Å². The SMILES string of the molecule is COc1cc(/C=N\N2C(=O)CSC2=S)ccc1OC(=O)C12CC3CC(CC(C3)C1)C2. The second-order valence-electron chi connectivity index (χ2n) is 9.00. The molecule has 0 aromatic heterocycles. The van der Waals surface area contributed by atoms with Gasteiger partial charge in [-0.3, -0.25) is 9.59 Å². The molecule has 1 saturated heterocycles. The van der Waals surface area contributed by atoms with Crippen molar-refractivity contribution in [2.45, 2.75) is 38.5 Å². The van der Waals surface area contributed by atoms with Crippen LogP contribution in [0.2, 0.25) is 0 Å². The van der Waals surface area contributed by atoms with E-state index in [0.29, 0.717) is 39.3 Å². The molecule has 1 aromatic rings. The number of amides is 1. The van der Waals surface area contributed by atoms with E-state index in [4.69, 9.17) is 21.7 Å². The van der Waals surface area contributed by atoms with Crippen LogP contribution < -0.4 is 9.47 Å². The molecular formula is C22H24N2O4S2. The molecule has 6 rings (SSSR count). The first kappa shape index (κ1) is 20.0. The standard InChI is InChI=1S/C22H24N2O4S2/c1-27-18-7-13(11-23-24-19(25)12-30-21(24)29)2-3-17(18)28-20(26)22-8-14-4-15(9-22)6-16(5-14)10-22/h2-3,7,11,14-16H,4-6,8-10,12H2,1H3/b23-11-. The van der Waals surface area contributed by atoms with Gasteiger partial charge in [0.05, 0.1) is 24.5 Å². The molecule has 0 atom stereocenters. The topological polar surface area (TPSA) is 68.2 Å². The van der Waals surface area contributed by atoms with Crippen molar-refractivity contribution in [3.63, 3.8) is 0 Å². The summed E-state index contributed by atoms with van der Waals surface area (Å²) in [4.78, 5) is 25.0. The van der Waals surface area contributed by atoms with Gasteiger partial charge in [0.25, 0.3) is 5.91 Å². The van der Waals surface area contributed by atoms with Gasteiger partial charge in [-0.2, -0.15) is 10.1 Å². The summed E-state index contributed by atoms with van der Waals surface area (Å²) in [5, 5.41) is 5.41. The summed E-state index contributed by atoms with van der Waals surface area (Å²) >= 11 is 6.43. The van der Waals surface area contributed by atoms with E-state index in [0.717, 1.165) is 24.8 Å². The predicted octanol–water partition coefficient (Wildman–Crippen LogP) is 4.01. The van der Waals surface area contributed by atoms with E-state index in [9.17, 15) is 9.59 Å². The summed E-state index contributed by atoms with van der Waals surface area (Å²) in [6, 6.07) is 5.28. The van der Waals surface area contributed by atoms with Gasteiger partial charge in [0.2, 0.25) is 0 Å². The number of nitrogens with zero attached hydrogens (tertiary/aromatic N) is 2. The Morgan fingerprint density at radius 2 is 1.87 bits per heavy atom. The van der Waals surface area contributed by atoms with Gasteiger partial charge in [-0.05, 0) is 80.0 Å².